The van der Waals surface area contributed by atoms with Crippen LogP contribution < -0.4 is 11.1 Å². The molecular weight excluding hydrogens is 366 g/mol. The van der Waals surface area contributed by atoms with Gasteiger partial charge in [0.15, 0.2) is 0 Å². The SMILES string of the molecule is CC(C)C(NC(=O)c1cc(-c2ccc(F)cc2)nn1CCCCCF)C(N)=O. The van der Waals surface area contributed by atoms with Gasteiger partial charge in [0.2, 0.25) is 5.91 Å². The maximum absolute atomic E-state index is 13.2. The van der Waals surface area contributed by atoms with Crippen LogP contribution in [-0.4, -0.2) is 34.3 Å². The summed E-state index contributed by atoms with van der Waals surface area (Å²) in [6.07, 6.45) is 1.77. The number of nitrogens with zero attached hydrogens (tertiary/aromatic N) is 2. The van der Waals surface area contributed by atoms with E-state index >= 15 is 0 Å². The molecule has 2 rings (SSSR count). The molecule has 28 heavy (non-hydrogen) atoms. The molecule has 0 radical (unpaired) electrons. The number of halogens is 2. The molecule has 3 N–H and O–H groups in total. The highest BCUT2D eigenvalue weighted by Crippen LogP contribution is 2.20. The molecule has 0 aliphatic heterocycles. The number of carbonyl (C=O) groups is 2. The fraction of sp³-hybridized carbons (Fsp3) is 0.450. The summed E-state index contributed by atoms with van der Waals surface area (Å²) < 4.78 is 27.0. The molecule has 2 aromatic rings. The molecule has 0 fully saturated rings. The third-order valence-electron chi connectivity index (χ3n) is 4.42. The number of benzene rings is 1. The van der Waals surface area contributed by atoms with Crippen LogP contribution in [0.4, 0.5) is 8.78 Å². The highest BCUT2D eigenvalue weighted by Gasteiger charge is 2.24. The summed E-state index contributed by atoms with van der Waals surface area (Å²) in [4.78, 5) is 24.4. The maximum atomic E-state index is 13.2. The van der Waals surface area contributed by atoms with E-state index in [1.54, 1.807) is 32.0 Å². The first-order valence-corrected chi connectivity index (χ1v) is 9.33. The van der Waals surface area contributed by atoms with Gasteiger partial charge in [0.25, 0.3) is 5.91 Å². The first kappa shape index (κ1) is 21.5. The van der Waals surface area contributed by atoms with Crippen molar-refractivity contribution >= 4 is 11.8 Å². The van der Waals surface area contributed by atoms with E-state index in [9.17, 15) is 18.4 Å². The number of aryl methyl sites for hydroxylation is 1. The Morgan fingerprint density at radius 3 is 2.43 bits per heavy atom. The van der Waals surface area contributed by atoms with Gasteiger partial charge in [0.05, 0.1) is 12.4 Å². The summed E-state index contributed by atoms with van der Waals surface area (Å²) >= 11 is 0. The van der Waals surface area contributed by atoms with Crippen LogP contribution >= 0.6 is 0 Å². The number of alkyl halides is 1. The van der Waals surface area contributed by atoms with E-state index in [2.05, 4.69) is 10.4 Å². The number of primary amides is 1. The second kappa shape index (κ2) is 9.96. The minimum absolute atomic E-state index is 0.168. The Balaban J connectivity index is 2.29. The van der Waals surface area contributed by atoms with E-state index in [4.69, 9.17) is 5.73 Å². The lowest BCUT2D eigenvalue weighted by molar-refractivity contribution is -0.120. The fourth-order valence-electron chi connectivity index (χ4n) is 2.85. The monoisotopic (exact) mass is 392 g/mol. The number of hydrogen-bond acceptors (Lipinski definition) is 3. The molecule has 0 saturated carbocycles. The Morgan fingerprint density at radius 1 is 1.18 bits per heavy atom. The molecule has 1 unspecified atom stereocenters. The van der Waals surface area contributed by atoms with E-state index in [0.29, 0.717) is 37.1 Å². The van der Waals surface area contributed by atoms with Crippen LogP contribution in [0.15, 0.2) is 30.3 Å². The molecule has 2 amide bonds. The Kier molecular flexibility index (Phi) is 7.66. The smallest absolute Gasteiger partial charge is 0.270 e. The zero-order valence-electron chi connectivity index (χ0n) is 16.1. The van der Waals surface area contributed by atoms with Gasteiger partial charge in [0, 0.05) is 12.1 Å². The van der Waals surface area contributed by atoms with Crippen LogP contribution in [-0.2, 0) is 11.3 Å². The molecule has 1 heterocycles. The van der Waals surface area contributed by atoms with E-state index in [1.165, 1.54) is 16.8 Å². The average molecular weight is 392 g/mol. The van der Waals surface area contributed by atoms with E-state index < -0.39 is 17.9 Å². The molecular formula is C20H26F2N4O2. The molecule has 8 heteroatoms. The Morgan fingerprint density at radius 2 is 1.86 bits per heavy atom. The van der Waals surface area contributed by atoms with Gasteiger partial charge in [-0.05, 0) is 55.5 Å². The number of rotatable bonds is 10. The van der Waals surface area contributed by atoms with Crippen molar-refractivity contribution in [3.05, 3.63) is 41.8 Å². The zero-order valence-corrected chi connectivity index (χ0v) is 16.1. The molecule has 0 aliphatic carbocycles. The van der Waals surface area contributed by atoms with E-state index in [1.807, 2.05) is 0 Å². The Bertz CT molecular complexity index is 803. The standard InChI is InChI=1S/C20H26F2N4O2/c1-13(2)18(19(23)27)24-20(28)17-12-16(14-6-8-15(22)9-7-14)25-26(17)11-5-3-4-10-21/h6-9,12-13,18H,3-5,10-11H2,1-2H3,(H2,23,27)(H,24,28). The van der Waals surface area contributed by atoms with Crippen molar-refractivity contribution in [1.29, 1.82) is 0 Å². The molecule has 152 valence electrons. The highest BCUT2D eigenvalue weighted by atomic mass is 19.1. The third-order valence-corrected chi connectivity index (χ3v) is 4.42. The lowest BCUT2D eigenvalue weighted by atomic mass is 10.0. The third kappa shape index (κ3) is 5.61. The van der Waals surface area contributed by atoms with Crippen LogP contribution in [0.5, 0.6) is 0 Å². The minimum atomic E-state index is -0.809. The van der Waals surface area contributed by atoms with Crippen molar-refractivity contribution in [2.75, 3.05) is 6.67 Å². The quantitative estimate of drug-likeness (QED) is 0.609. The Hall–Kier alpha value is -2.77. The van der Waals surface area contributed by atoms with Gasteiger partial charge >= 0.3 is 0 Å². The van der Waals surface area contributed by atoms with Crippen LogP contribution in [0, 0.1) is 11.7 Å². The highest BCUT2D eigenvalue weighted by molar-refractivity contribution is 5.97. The zero-order chi connectivity index (χ0) is 20.7. The summed E-state index contributed by atoms with van der Waals surface area (Å²) in [5.41, 5.74) is 6.82. The van der Waals surface area contributed by atoms with Crippen molar-refractivity contribution in [3.63, 3.8) is 0 Å². The van der Waals surface area contributed by atoms with Crippen LogP contribution in [0.2, 0.25) is 0 Å². The van der Waals surface area contributed by atoms with Crippen LogP contribution in [0.3, 0.4) is 0 Å². The number of amides is 2. The van der Waals surface area contributed by atoms with Crippen LogP contribution in [0.25, 0.3) is 11.3 Å². The van der Waals surface area contributed by atoms with Gasteiger partial charge in [-0.15, -0.1) is 0 Å². The molecule has 1 aromatic heterocycles. The maximum Gasteiger partial charge on any atom is 0.270 e. The molecule has 6 nitrogen and oxygen atoms in total. The molecule has 1 atom stereocenters. The summed E-state index contributed by atoms with van der Waals surface area (Å²) in [5, 5.41) is 7.10. The normalized spacial score (nSPS) is 12.2. The number of nitrogens with one attached hydrogen (secondary N) is 1. The molecule has 1 aromatic carbocycles. The van der Waals surface area contributed by atoms with Gasteiger partial charge in [-0.1, -0.05) is 13.8 Å². The number of aromatic nitrogens is 2. The second-order valence-electron chi connectivity index (χ2n) is 6.99. The van der Waals surface area contributed by atoms with Crippen molar-refractivity contribution < 1.29 is 18.4 Å². The summed E-state index contributed by atoms with van der Waals surface area (Å²) in [6.45, 7) is 3.61. The fourth-order valence-corrected chi connectivity index (χ4v) is 2.85. The van der Waals surface area contributed by atoms with E-state index in [0.717, 1.165) is 0 Å². The van der Waals surface area contributed by atoms with Gasteiger partial charge in [-0.25, -0.2) is 4.39 Å². The average Bonchev–Trinajstić information content (AvgIpc) is 3.07. The summed E-state index contributed by atoms with van der Waals surface area (Å²) in [6, 6.07) is 6.57. The summed E-state index contributed by atoms with van der Waals surface area (Å²) in [5.74, 6) is -1.62. The Labute approximate surface area is 163 Å². The number of nitrogens with two attached hydrogens (primary N) is 1. The molecule has 0 spiro atoms. The topological polar surface area (TPSA) is 90.0 Å². The number of unbranched alkanes of at least 4 members (excludes halogenated alkanes) is 2. The minimum Gasteiger partial charge on any atom is -0.368 e. The predicted molar refractivity (Wildman–Crippen MR) is 103 cm³/mol. The van der Waals surface area contributed by atoms with Crippen molar-refractivity contribution in [2.24, 2.45) is 11.7 Å². The largest absolute Gasteiger partial charge is 0.368 e. The first-order chi connectivity index (χ1) is 13.3. The lowest BCUT2D eigenvalue weighted by Gasteiger charge is -2.19. The molecule has 0 bridgehead atoms. The van der Waals surface area contributed by atoms with Gasteiger partial charge in [-0.3, -0.25) is 18.7 Å². The number of hydrogen-bond donors (Lipinski definition) is 2. The summed E-state index contributed by atoms with van der Waals surface area (Å²) in [7, 11) is 0. The lowest BCUT2D eigenvalue weighted by Crippen LogP contribution is -2.48. The first-order valence-electron chi connectivity index (χ1n) is 9.33. The second-order valence-corrected chi connectivity index (χ2v) is 6.99. The van der Waals surface area contributed by atoms with E-state index in [-0.39, 0.29) is 24.1 Å². The predicted octanol–water partition coefficient (Wildman–Crippen LogP) is 3.07. The van der Waals surface area contributed by atoms with Crippen LogP contribution in [0.1, 0.15) is 43.6 Å². The van der Waals surface area contributed by atoms with Gasteiger partial charge in [0.1, 0.15) is 17.6 Å². The van der Waals surface area contributed by atoms with Crippen molar-refractivity contribution in [1.82, 2.24) is 15.1 Å². The van der Waals surface area contributed by atoms with Crippen molar-refractivity contribution in [2.45, 2.75) is 45.7 Å². The molecule has 0 aliphatic rings. The molecule has 0 saturated heterocycles. The van der Waals surface area contributed by atoms with Gasteiger partial charge in [-0.2, -0.15) is 5.10 Å². The van der Waals surface area contributed by atoms with Gasteiger partial charge < -0.3 is 11.1 Å². The van der Waals surface area contributed by atoms with Crippen molar-refractivity contribution in [3.8, 4) is 11.3 Å². The number of carbonyl (C=O) groups excluding carboxylic acids is 2.